The molecule has 0 spiro atoms. The van der Waals surface area contributed by atoms with Crippen LogP contribution in [0.15, 0.2) is 36.4 Å². The molecule has 1 aromatic carbocycles. The highest BCUT2D eigenvalue weighted by Crippen LogP contribution is 2.19. The van der Waals surface area contributed by atoms with E-state index in [0.717, 1.165) is 24.5 Å². The SMILES string of the molecule is COCc1nc(OC)cc(N2CCN(C(=O)Cc3ccccc3)CC2)n1. The van der Waals surface area contributed by atoms with Crippen LogP contribution in [-0.4, -0.2) is 61.2 Å². The Hall–Kier alpha value is -2.67. The largest absolute Gasteiger partial charge is 0.481 e. The molecule has 1 aliphatic rings. The molecule has 7 heteroatoms. The number of aromatic nitrogens is 2. The van der Waals surface area contributed by atoms with Gasteiger partial charge in [-0.1, -0.05) is 30.3 Å². The summed E-state index contributed by atoms with van der Waals surface area (Å²) in [6.07, 6.45) is 0.445. The lowest BCUT2D eigenvalue weighted by Gasteiger charge is -2.35. The van der Waals surface area contributed by atoms with E-state index in [1.54, 1.807) is 14.2 Å². The number of nitrogens with zero attached hydrogens (tertiary/aromatic N) is 4. The fraction of sp³-hybridized carbons (Fsp3) is 0.421. The minimum atomic E-state index is 0.163. The third-order valence-electron chi connectivity index (χ3n) is 4.37. The van der Waals surface area contributed by atoms with Crippen molar-refractivity contribution >= 4 is 11.7 Å². The minimum absolute atomic E-state index is 0.163. The van der Waals surface area contributed by atoms with Crippen LogP contribution in [0.3, 0.4) is 0 Å². The fourth-order valence-electron chi connectivity index (χ4n) is 2.99. The molecular weight excluding hydrogens is 332 g/mol. The maximum atomic E-state index is 12.5. The van der Waals surface area contributed by atoms with Gasteiger partial charge in [-0.05, 0) is 5.56 Å². The predicted octanol–water partition coefficient (Wildman–Crippen LogP) is 1.52. The maximum Gasteiger partial charge on any atom is 0.227 e. The van der Waals surface area contributed by atoms with Crippen LogP contribution in [-0.2, 0) is 22.6 Å². The lowest BCUT2D eigenvalue weighted by molar-refractivity contribution is -0.130. The number of amides is 1. The standard InChI is InChI=1S/C19H24N4O3/c1-25-14-16-20-17(13-18(21-16)26-2)22-8-10-23(11-9-22)19(24)12-15-6-4-3-5-7-15/h3-7,13H,8-12,14H2,1-2H3. The summed E-state index contributed by atoms with van der Waals surface area (Å²) in [5.74, 6) is 2.07. The summed E-state index contributed by atoms with van der Waals surface area (Å²) in [6.45, 7) is 3.15. The fourth-order valence-corrected chi connectivity index (χ4v) is 2.99. The molecule has 2 aromatic rings. The maximum absolute atomic E-state index is 12.5. The van der Waals surface area contributed by atoms with Gasteiger partial charge in [0.25, 0.3) is 0 Å². The van der Waals surface area contributed by atoms with E-state index in [1.165, 1.54) is 0 Å². The zero-order chi connectivity index (χ0) is 18.4. The quantitative estimate of drug-likeness (QED) is 0.782. The van der Waals surface area contributed by atoms with Crippen molar-refractivity contribution in [3.8, 4) is 5.88 Å². The number of benzene rings is 1. The lowest BCUT2D eigenvalue weighted by atomic mass is 10.1. The molecule has 1 fully saturated rings. The minimum Gasteiger partial charge on any atom is -0.481 e. The van der Waals surface area contributed by atoms with Crippen molar-refractivity contribution in [2.24, 2.45) is 0 Å². The summed E-state index contributed by atoms with van der Waals surface area (Å²) in [5.41, 5.74) is 1.05. The molecule has 0 radical (unpaired) electrons. The van der Waals surface area contributed by atoms with Crippen molar-refractivity contribution < 1.29 is 14.3 Å². The van der Waals surface area contributed by atoms with Gasteiger partial charge in [0, 0.05) is 39.4 Å². The summed E-state index contributed by atoms with van der Waals surface area (Å²) >= 11 is 0. The normalized spacial score (nSPS) is 14.4. The summed E-state index contributed by atoms with van der Waals surface area (Å²) in [5, 5.41) is 0. The number of ether oxygens (including phenoxy) is 2. The Kier molecular flexibility index (Phi) is 6.01. The lowest BCUT2D eigenvalue weighted by Crippen LogP contribution is -2.49. The second kappa shape index (κ2) is 8.62. The highest BCUT2D eigenvalue weighted by atomic mass is 16.5. The zero-order valence-electron chi connectivity index (χ0n) is 15.2. The molecule has 0 atom stereocenters. The number of piperazine rings is 1. The first-order chi connectivity index (χ1) is 12.7. The average Bonchev–Trinajstić information content (AvgIpc) is 2.69. The highest BCUT2D eigenvalue weighted by molar-refractivity contribution is 5.79. The van der Waals surface area contributed by atoms with Gasteiger partial charge in [0.15, 0.2) is 5.82 Å². The van der Waals surface area contributed by atoms with Crippen molar-refractivity contribution in [1.29, 1.82) is 0 Å². The van der Waals surface area contributed by atoms with Crippen LogP contribution in [0.25, 0.3) is 0 Å². The molecule has 3 rings (SSSR count). The van der Waals surface area contributed by atoms with E-state index in [1.807, 2.05) is 41.3 Å². The monoisotopic (exact) mass is 356 g/mol. The molecule has 0 unspecified atom stereocenters. The molecule has 138 valence electrons. The molecule has 0 saturated carbocycles. The van der Waals surface area contributed by atoms with E-state index < -0.39 is 0 Å². The number of hydrogen-bond donors (Lipinski definition) is 0. The van der Waals surface area contributed by atoms with Crippen LogP contribution in [0.4, 0.5) is 5.82 Å². The van der Waals surface area contributed by atoms with E-state index in [-0.39, 0.29) is 5.91 Å². The summed E-state index contributed by atoms with van der Waals surface area (Å²) in [7, 11) is 3.20. The number of rotatable bonds is 6. The Morgan fingerprint density at radius 2 is 1.81 bits per heavy atom. The first kappa shape index (κ1) is 18.1. The van der Waals surface area contributed by atoms with E-state index in [9.17, 15) is 4.79 Å². The van der Waals surface area contributed by atoms with Crippen molar-refractivity contribution in [3.63, 3.8) is 0 Å². The first-order valence-electron chi connectivity index (χ1n) is 8.67. The second-order valence-electron chi connectivity index (χ2n) is 6.15. The van der Waals surface area contributed by atoms with Gasteiger partial charge in [-0.25, -0.2) is 4.98 Å². The number of carbonyl (C=O) groups is 1. The Bertz CT molecular complexity index is 731. The number of hydrogen-bond acceptors (Lipinski definition) is 6. The van der Waals surface area contributed by atoms with Crippen LogP contribution in [0, 0.1) is 0 Å². The molecule has 1 aromatic heterocycles. The summed E-state index contributed by atoms with van der Waals surface area (Å²) < 4.78 is 10.4. The van der Waals surface area contributed by atoms with Crippen LogP contribution >= 0.6 is 0 Å². The molecule has 7 nitrogen and oxygen atoms in total. The van der Waals surface area contributed by atoms with Gasteiger partial charge in [-0.15, -0.1) is 0 Å². The average molecular weight is 356 g/mol. The third kappa shape index (κ3) is 4.49. The van der Waals surface area contributed by atoms with Gasteiger partial charge in [0.05, 0.1) is 13.5 Å². The van der Waals surface area contributed by atoms with Crippen LogP contribution in [0.1, 0.15) is 11.4 Å². The molecule has 0 bridgehead atoms. The van der Waals surface area contributed by atoms with Gasteiger partial charge in [-0.3, -0.25) is 4.79 Å². The number of methoxy groups -OCH3 is 2. The van der Waals surface area contributed by atoms with Gasteiger partial charge < -0.3 is 19.3 Å². The van der Waals surface area contributed by atoms with Gasteiger partial charge in [-0.2, -0.15) is 4.98 Å². The Balaban J connectivity index is 1.61. The van der Waals surface area contributed by atoms with E-state index in [4.69, 9.17) is 9.47 Å². The topological polar surface area (TPSA) is 67.8 Å². The van der Waals surface area contributed by atoms with Crippen molar-refractivity contribution in [2.45, 2.75) is 13.0 Å². The molecule has 1 saturated heterocycles. The summed E-state index contributed by atoms with van der Waals surface area (Å²) in [6, 6.07) is 11.7. The number of anilines is 1. The zero-order valence-corrected chi connectivity index (χ0v) is 15.2. The van der Waals surface area contributed by atoms with Crippen LogP contribution < -0.4 is 9.64 Å². The van der Waals surface area contributed by atoms with E-state index in [2.05, 4.69) is 14.9 Å². The Morgan fingerprint density at radius 1 is 1.08 bits per heavy atom. The summed E-state index contributed by atoms with van der Waals surface area (Å²) in [4.78, 5) is 25.4. The van der Waals surface area contributed by atoms with Crippen LogP contribution in [0.2, 0.25) is 0 Å². The van der Waals surface area contributed by atoms with Gasteiger partial charge >= 0.3 is 0 Å². The van der Waals surface area contributed by atoms with Gasteiger partial charge in [0.2, 0.25) is 11.8 Å². The van der Waals surface area contributed by atoms with E-state index >= 15 is 0 Å². The van der Waals surface area contributed by atoms with Crippen molar-refractivity contribution in [1.82, 2.24) is 14.9 Å². The van der Waals surface area contributed by atoms with Crippen molar-refractivity contribution in [2.75, 3.05) is 45.3 Å². The molecule has 1 aliphatic heterocycles. The van der Waals surface area contributed by atoms with E-state index in [0.29, 0.717) is 37.8 Å². The molecule has 26 heavy (non-hydrogen) atoms. The predicted molar refractivity (Wildman–Crippen MR) is 98.2 cm³/mol. The van der Waals surface area contributed by atoms with Crippen LogP contribution in [0.5, 0.6) is 5.88 Å². The molecule has 0 aliphatic carbocycles. The highest BCUT2D eigenvalue weighted by Gasteiger charge is 2.23. The van der Waals surface area contributed by atoms with Crippen molar-refractivity contribution in [3.05, 3.63) is 47.8 Å². The van der Waals surface area contributed by atoms with Gasteiger partial charge in [0.1, 0.15) is 12.4 Å². The Labute approximate surface area is 153 Å². The second-order valence-corrected chi connectivity index (χ2v) is 6.15. The Morgan fingerprint density at radius 3 is 2.46 bits per heavy atom. The molecule has 1 amide bonds. The molecule has 2 heterocycles. The molecular formula is C19H24N4O3. The smallest absolute Gasteiger partial charge is 0.227 e. The third-order valence-corrected chi connectivity index (χ3v) is 4.37. The molecule has 0 N–H and O–H groups in total. The number of carbonyl (C=O) groups excluding carboxylic acids is 1. The first-order valence-corrected chi connectivity index (χ1v) is 8.67.